The monoisotopic (exact) mass is 477 g/mol. The van der Waals surface area contributed by atoms with Gasteiger partial charge in [0, 0.05) is 18.0 Å². The normalized spacial score (nSPS) is 19.6. The largest absolute Gasteiger partial charge is 0.394 e. The van der Waals surface area contributed by atoms with Crippen molar-refractivity contribution in [2.24, 2.45) is 11.7 Å². The van der Waals surface area contributed by atoms with Crippen LogP contribution in [0.15, 0.2) is 24.4 Å². The lowest BCUT2D eigenvalue weighted by Crippen LogP contribution is -2.29. The van der Waals surface area contributed by atoms with E-state index in [0.29, 0.717) is 51.6 Å². The van der Waals surface area contributed by atoms with E-state index >= 15 is 0 Å². The maximum atomic E-state index is 11.6. The lowest BCUT2D eigenvalue weighted by atomic mass is 9.85. The van der Waals surface area contributed by atoms with Gasteiger partial charge in [0.15, 0.2) is 5.65 Å². The van der Waals surface area contributed by atoms with Crippen molar-refractivity contribution in [3.05, 3.63) is 34.4 Å². The molecule has 0 bridgehead atoms. The van der Waals surface area contributed by atoms with Gasteiger partial charge in [-0.25, -0.2) is 9.97 Å². The number of hydrogen-bond donors (Lipinski definition) is 4. The molecule has 1 aliphatic rings. The molecule has 1 atom stereocenters. The highest BCUT2D eigenvalue weighted by molar-refractivity contribution is 6.39. The maximum absolute atomic E-state index is 11.6. The Bertz CT molecular complexity index is 1110. The summed E-state index contributed by atoms with van der Waals surface area (Å²) in [6, 6.07) is 5.12. The number of benzene rings is 1. The number of hydrogen-bond acceptors (Lipinski definition) is 7. The van der Waals surface area contributed by atoms with Gasteiger partial charge in [0.1, 0.15) is 5.52 Å². The molecule has 1 aliphatic carbocycles. The van der Waals surface area contributed by atoms with Gasteiger partial charge in [-0.2, -0.15) is 4.98 Å². The molecular weight excluding hydrogens is 453 g/mol. The minimum Gasteiger partial charge on any atom is -0.394 e. The lowest BCUT2D eigenvalue weighted by Gasteiger charge is -2.29. The van der Waals surface area contributed by atoms with Gasteiger partial charge < -0.3 is 21.5 Å². The first kappa shape index (κ1) is 22.6. The van der Waals surface area contributed by atoms with Crippen molar-refractivity contribution in [2.45, 2.75) is 44.7 Å². The van der Waals surface area contributed by atoms with Gasteiger partial charge >= 0.3 is 0 Å². The third kappa shape index (κ3) is 4.60. The first-order valence-corrected chi connectivity index (χ1v) is 11.3. The van der Waals surface area contributed by atoms with Crippen molar-refractivity contribution in [3.63, 3.8) is 0 Å². The number of primary amides is 1. The second-order valence-electron chi connectivity index (χ2n) is 8.07. The number of anilines is 3. The average Bonchev–Trinajstić information content (AvgIpc) is 3.13. The molecule has 5 N–H and O–H groups in total. The summed E-state index contributed by atoms with van der Waals surface area (Å²) in [6.45, 7) is 1.79. The third-order valence-electron chi connectivity index (χ3n) is 5.75. The van der Waals surface area contributed by atoms with E-state index in [1.54, 1.807) is 24.4 Å². The quantitative estimate of drug-likeness (QED) is 0.405. The third-order valence-corrected chi connectivity index (χ3v) is 6.38. The number of imidazole rings is 1. The predicted molar refractivity (Wildman–Crippen MR) is 125 cm³/mol. The molecule has 170 valence electrons. The molecule has 9 nitrogen and oxygen atoms in total. The van der Waals surface area contributed by atoms with Crippen molar-refractivity contribution in [3.8, 4) is 0 Å². The van der Waals surface area contributed by atoms with Crippen molar-refractivity contribution < 1.29 is 9.90 Å². The van der Waals surface area contributed by atoms with E-state index in [1.165, 1.54) is 0 Å². The second kappa shape index (κ2) is 9.48. The van der Waals surface area contributed by atoms with Crippen LogP contribution in [0.1, 0.15) is 38.6 Å². The van der Waals surface area contributed by atoms with Crippen LogP contribution in [0.2, 0.25) is 10.0 Å². The maximum Gasteiger partial charge on any atom is 0.225 e. The van der Waals surface area contributed by atoms with Crippen LogP contribution in [-0.4, -0.2) is 43.2 Å². The van der Waals surface area contributed by atoms with Gasteiger partial charge in [-0.1, -0.05) is 29.3 Å². The molecule has 1 fully saturated rings. The zero-order chi connectivity index (χ0) is 22.8. The zero-order valence-electron chi connectivity index (χ0n) is 17.6. The van der Waals surface area contributed by atoms with Crippen LogP contribution in [0.3, 0.4) is 0 Å². The van der Waals surface area contributed by atoms with Crippen molar-refractivity contribution in [1.29, 1.82) is 0 Å². The summed E-state index contributed by atoms with van der Waals surface area (Å²) in [4.78, 5) is 25.3. The van der Waals surface area contributed by atoms with Gasteiger partial charge in [0.25, 0.3) is 0 Å². The number of nitrogens with zero attached hydrogens (tertiary/aromatic N) is 4. The molecule has 2 aromatic heterocycles. The molecule has 0 radical (unpaired) electrons. The molecule has 3 aromatic rings. The molecule has 4 rings (SSSR count). The summed E-state index contributed by atoms with van der Waals surface area (Å²) < 4.78 is 2.02. The molecule has 1 unspecified atom stereocenters. The highest BCUT2D eigenvalue weighted by Crippen LogP contribution is 2.39. The Balaban J connectivity index is 1.76. The number of rotatable bonds is 7. The number of nitrogens with two attached hydrogens (primary N) is 1. The summed E-state index contributed by atoms with van der Waals surface area (Å²) >= 11 is 12.7. The number of amides is 1. The topological polar surface area (TPSA) is 131 Å². The zero-order valence-corrected chi connectivity index (χ0v) is 19.1. The Morgan fingerprint density at radius 2 is 1.94 bits per heavy atom. The number of fused-ring (bicyclic) bond motifs is 1. The molecule has 0 spiro atoms. The van der Waals surface area contributed by atoms with E-state index in [1.807, 2.05) is 11.5 Å². The molecule has 11 heteroatoms. The van der Waals surface area contributed by atoms with Crippen LogP contribution in [0, 0.1) is 5.92 Å². The van der Waals surface area contributed by atoms with E-state index in [4.69, 9.17) is 33.9 Å². The van der Waals surface area contributed by atoms with Gasteiger partial charge in [0.05, 0.1) is 28.5 Å². The molecule has 1 saturated carbocycles. The number of carbonyl (C=O) groups excluding carboxylic acids is 1. The highest BCUT2D eigenvalue weighted by atomic mass is 35.5. The van der Waals surface area contributed by atoms with Crippen LogP contribution in [0.5, 0.6) is 0 Å². The van der Waals surface area contributed by atoms with Crippen LogP contribution >= 0.6 is 23.2 Å². The number of carbonyl (C=O) groups is 1. The number of nitrogens with one attached hydrogen (secondary N) is 2. The summed E-state index contributed by atoms with van der Waals surface area (Å²) in [5.74, 6) is 0.562. The fourth-order valence-electron chi connectivity index (χ4n) is 4.01. The first-order chi connectivity index (χ1) is 15.4. The first-order valence-electron chi connectivity index (χ1n) is 10.5. The number of para-hydroxylation sites is 1. The van der Waals surface area contributed by atoms with Crippen LogP contribution in [0.25, 0.3) is 11.2 Å². The standard InChI is InChI=1S/C21H25Cl2N7O2/c1-11(10-31)26-20-25-9-16-19(29-20)30(13-7-5-12(6-8-13)18(24)32)21(27-16)28-17-14(22)3-2-4-15(17)23/h2-4,9,11-13,31H,5-8,10H2,1H3,(H2,24,32)(H,27,28)(H,25,26,29)/t11?,12-,13+. The summed E-state index contributed by atoms with van der Waals surface area (Å²) in [6.07, 6.45) is 4.54. The summed E-state index contributed by atoms with van der Waals surface area (Å²) in [5, 5.41) is 16.6. The molecule has 1 aromatic carbocycles. The average molecular weight is 478 g/mol. The Labute approximate surface area is 195 Å². The van der Waals surface area contributed by atoms with Gasteiger partial charge in [0.2, 0.25) is 17.8 Å². The van der Waals surface area contributed by atoms with E-state index in [2.05, 4.69) is 20.6 Å². The predicted octanol–water partition coefficient (Wildman–Crippen LogP) is 3.89. The SMILES string of the molecule is CC(CO)Nc1ncc2nc(Nc3c(Cl)cccc3Cl)n([C@H]3CC[C@@H](C(N)=O)CC3)c2n1. The summed E-state index contributed by atoms with van der Waals surface area (Å²) in [7, 11) is 0. The van der Waals surface area contributed by atoms with E-state index in [0.717, 1.165) is 12.8 Å². The fourth-order valence-corrected chi connectivity index (χ4v) is 4.50. The number of aliphatic hydroxyl groups is 1. The smallest absolute Gasteiger partial charge is 0.225 e. The lowest BCUT2D eigenvalue weighted by molar-refractivity contribution is -0.122. The Morgan fingerprint density at radius 3 is 2.56 bits per heavy atom. The number of aliphatic hydroxyl groups excluding tert-OH is 1. The van der Waals surface area contributed by atoms with E-state index in [9.17, 15) is 9.90 Å². The minimum atomic E-state index is -0.257. The fraction of sp³-hybridized carbons (Fsp3) is 0.429. The van der Waals surface area contributed by atoms with Gasteiger partial charge in [-0.3, -0.25) is 9.36 Å². The van der Waals surface area contributed by atoms with Crippen molar-refractivity contribution in [2.75, 3.05) is 17.2 Å². The van der Waals surface area contributed by atoms with Crippen LogP contribution in [-0.2, 0) is 4.79 Å². The molecular formula is C21H25Cl2N7O2. The molecule has 1 amide bonds. The van der Waals surface area contributed by atoms with Gasteiger partial charge in [-0.15, -0.1) is 0 Å². The Hall–Kier alpha value is -2.62. The Morgan fingerprint density at radius 1 is 1.25 bits per heavy atom. The van der Waals surface area contributed by atoms with Gasteiger partial charge in [-0.05, 0) is 44.7 Å². The highest BCUT2D eigenvalue weighted by Gasteiger charge is 2.29. The van der Waals surface area contributed by atoms with Crippen molar-refractivity contribution in [1.82, 2.24) is 19.5 Å². The second-order valence-corrected chi connectivity index (χ2v) is 8.88. The minimum absolute atomic E-state index is 0.0460. The Kier molecular flexibility index (Phi) is 6.68. The number of aromatic nitrogens is 4. The van der Waals surface area contributed by atoms with Crippen molar-refractivity contribution >= 4 is 57.9 Å². The molecule has 32 heavy (non-hydrogen) atoms. The van der Waals surface area contributed by atoms with E-state index < -0.39 is 0 Å². The summed E-state index contributed by atoms with van der Waals surface area (Å²) in [5.41, 5.74) is 7.32. The molecule has 2 heterocycles. The molecule has 0 aliphatic heterocycles. The number of halogens is 2. The van der Waals surface area contributed by atoms with E-state index in [-0.39, 0.29) is 30.5 Å². The molecule has 0 saturated heterocycles. The van der Waals surface area contributed by atoms with Crippen LogP contribution < -0.4 is 16.4 Å². The van der Waals surface area contributed by atoms with Crippen LogP contribution in [0.4, 0.5) is 17.6 Å².